The average Bonchev–Trinajstić information content (AvgIpc) is 3.33. The number of alkyl halides is 3. The number of sulfonamides is 1. The van der Waals surface area contributed by atoms with E-state index < -0.39 is 40.3 Å². The van der Waals surface area contributed by atoms with E-state index in [-0.39, 0.29) is 24.2 Å². The van der Waals surface area contributed by atoms with Crippen LogP contribution in [0.1, 0.15) is 43.7 Å². The van der Waals surface area contributed by atoms with Crippen molar-refractivity contribution in [1.82, 2.24) is 10.2 Å². The summed E-state index contributed by atoms with van der Waals surface area (Å²) in [5.41, 5.74) is -0.605. The van der Waals surface area contributed by atoms with Gasteiger partial charge in [-0.2, -0.15) is 13.2 Å². The van der Waals surface area contributed by atoms with Crippen molar-refractivity contribution in [3.63, 3.8) is 0 Å². The summed E-state index contributed by atoms with van der Waals surface area (Å²) in [5, 5.41) is 2.95. The fourth-order valence-corrected chi connectivity index (χ4v) is 5.05. The van der Waals surface area contributed by atoms with E-state index in [1.807, 2.05) is 0 Å². The number of halogens is 3. The molecule has 0 aliphatic heterocycles. The van der Waals surface area contributed by atoms with Crippen molar-refractivity contribution < 1.29 is 31.2 Å². The number of carbonyl (C=O) groups excluding carboxylic acids is 2. The summed E-state index contributed by atoms with van der Waals surface area (Å²) in [6.45, 7) is 0.827. The number of hydrogen-bond acceptors (Lipinski definition) is 4. The Balaban J connectivity index is 1.89. The highest BCUT2D eigenvalue weighted by Gasteiger charge is 2.34. The van der Waals surface area contributed by atoms with Crippen molar-refractivity contribution in [1.29, 1.82) is 0 Å². The Morgan fingerprint density at radius 2 is 1.69 bits per heavy atom. The summed E-state index contributed by atoms with van der Waals surface area (Å²) in [4.78, 5) is 27.7. The molecule has 2 aromatic carbocycles. The number of carbonyl (C=O) groups is 2. The van der Waals surface area contributed by atoms with Gasteiger partial charge >= 0.3 is 6.18 Å². The Morgan fingerprint density at radius 1 is 1.06 bits per heavy atom. The largest absolute Gasteiger partial charge is 0.416 e. The zero-order valence-electron chi connectivity index (χ0n) is 20.2. The summed E-state index contributed by atoms with van der Waals surface area (Å²) in [7, 11) is -4.13. The standard InChI is InChI=1S/C25H30F3N3O4S/c1-18(24(33)29-21-12-6-7-13-21)30(16-19-9-4-3-5-10-19)23(32)17-31(36(2,34)35)22-14-8-11-20(15-22)25(26,27)28/h3-5,8-11,14-15,18,21H,6-7,12-13,16-17H2,1-2H3,(H,29,33)/t18-/m0/s1. The normalized spacial score (nSPS) is 15.4. The molecule has 0 spiro atoms. The van der Waals surface area contributed by atoms with Gasteiger partial charge in [0.25, 0.3) is 0 Å². The van der Waals surface area contributed by atoms with Crippen molar-refractivity contribution in [3.8, 4) is 0 Å². The zero-order valence-corrected chi connectivity index (χ0v) is 21.0. The van der Waals surface area contributed by atoms with Crippen molar-refractivity contribution in [2.75, 3.05) is 17.1 Å². The first-order valence-electron chi connectivity index (χ1n) is 11.6. The number of benzene rings is 2. The van der Waals surface area contributed by atoms with Crippen LogP contribution >= 0.6 is 0 Å². The molecule has 0 radical (unpaired) electrons. The molecule has 3 rings (SSSR count). The minimum atomic E-state index is -4.69. The summed E-state index contributed by atoms with van der Waals surface area (Å²) in [6.07, 6.45) is -0.155. The van der Waals surface area contributed by atoms with Crippen molar-refractivity contribution in [3.05, 3.63) is 65.7 Å². The smallest absolute Gasteiger partial charge is 0.352 e. The summed E-state index contributed by atoms with van der Waals surface area (Å²) < 4.78 is 65.4. The Hall–Kier alpha value is -3.08. The molecule has 7 nitrogen and oxygen atoms in total. The van der Waals surface area contributed by atoms with Gasteiger partial charge in [-0.15, -0.1) is 0 Å². The predicted octanol–water partition coefficient (Wildman–Crippen LogP) is 3.95. The van der Waals surface area contributed by atoms with Gasteiger partial charge in [0.2, 0.25) is 21.8 Å². The molecule has 1 atom stereocenters. The van der Waals surface area contributed by atoms with Crippen molar-refractivity contribution in [2.45, 2.75) is 57.4 Å². The molecule has 1 fully saturated rings. The molecule has 0 saturated heterocycles. The Morgan fingerprint density at radius 3 is 2.28 bits per heavy atom. The summed E-state index contributed by atoms with van der Waals surface area (Å²) >= 11 is 0. The van der Waals surface area contributed by atoms with Gasteiger partial charge in [-0.1, -0.05) is 49.2 Å². The van der Waals surface area contributed by atoms with E-state index >= 15 is 0 Å². The molecule has 0 bridgehead atoms. The number of rotatable bonds is 9. The third-order valence-corrected chi connectivity index (χ3v) is 7.35. The van der Waals surface area contributed by atoms with E-state index in [0.29, 0.717) is 10.4 Å². The topological polar surface area (TPSA) is 86.8 Å². The molecule has 2 amide bonds. The summed E-state index contributed by atoms with van der Waals surface area (Å²) in [6, 6.07) is 11.7. The molecule has 0 heterocycles. The molecule has 0 aromatic heterocycles. The first kappa shape index (κ1) is 27.5. The van der Waals surface area contributed by atoms with E-state index in [4.69, 9.17) is 0 Å². The lowest BCUT2D eigenvalue weighted by Crippen LogP contribution is -2.52. The number of hydrogen-bond donors (Lipinski definition) is 1. The van der Waals surface area contributed by atoms with Gasteiger partial charge in [-0.25, -0.2) is 8.42 Å². The van der Waals surface area contributed by atoms with Gasteiger partial charge in [-0.05, 0) is 43.5 Å². The molecular formula is C25H30F3N3O4S. The van der Waals surface area contributed by atoms with E-state index in [1.165, 1.54) is 11.0 Å². The highest BCUT2D eigenvalue weighted by Crippen LogP contribution is 2.32. The fourth-order valence-electron chi connectivity index (χ4n) is 4.21. The van der Waals surface area contributed by atoms with Crippen LogP contribution in [0, 0.1) is 0 Å². The van der Waals surface area contributed by atoms with Gasteiger partial charge in [0.15, 0.2) is 0 Å². The second kappa shape index (κ2) is 11.3. The van der Waals surface area contributed by atoms with Crippen LogP contribution in [0.5, 0.6) is 0 Å². The second-order valence-electron chi connectivity index (χ2n) is 8.99. The van der Waals surface area contributed by atoms with Crippen molar-refractivity contribution in [2.24, 2.45) is 0 Å². The molecule has 36 heavy (non-hydrogen) atoms. The summed E-state index contributed by atoms with van der Waals surface area (Å²) in [5.74, 6) is -1.08. The van der Waals surface area contributed by atoms with Crippen LogP contribution in [0.2, 0.25) is 0 Å². The van der Waals surface area contributed by atoms with Gasteiger partial charge < -0.3 is 10.2 Å². The van der Waals surface area contributed by atoms with Gasteiger partial charge in [0, 0.05) is 12.6 Å². The Kier molecular flexibility index (Phi) is 8.65. The van der Waals surface area contributed by atoms with Crippen LogP contribution in [0.25, 0.3) is 0 Å². The maximum absolute atomic E-state index is 13.5. The molecule has 11 heteroatoms. The van der Waals surface area contributed by atoms with E-state index in [1.54, 1.807) is 37.3 Å². The van der Waals surface area contributed by atoms with E-state index in [0.717, 1.165) is 49.6 Å². The number of nitrogens with one attached hydrogen (secondary N) is 1. The van der Waals surface area contributed by atoms with Gasteiger partial charge in [-0.3, -0.25) is 13.9 Å². The molecule has 1 aliphatic carbocycles. The Labute approximate surface area is 209 Å². The van der Waals surface area contributed by atoms with Gasteiger partial charge in [0.05, 0.1) is 17.5 Å². The van der Waals surface area contributed by atoms with Crippen LogP contribution in [0.4, 0.5) is 18.9 Å². The number of amides is 2. The quantitative estimate of drug-likeness (QED) is 0.537. The lowest BCUT2D eigenvalue weighted by Gasteiger charge is -2.32. The number of anilines is 1. The average molecular weight is 526 g/mol. The lowest BCUT2D eigenvalue weighted by molar-refractivity contribution is -0.139. The first-order chi connectivity index (χ1) is 16.9. The van der Waals surface area contributed by atoms with E-state index in [9.17, 15) is 31.2 Å². The maximum atomic E-state index is 13.5. The molecule has 0 unspecified atom stereocenters. The highest BCUT2D eigenvalue weighted by molar-refractivity contribution is 7.92. The monoisotopic (exact) mass is 525 g/mol. The molecule has 1 N–H and O–H groups in total. The fraction of sp³-hybridized carbons (Fsp3) is 0.440. The predicted molar refractivity (Wildman–Crippen MR) is 130 cm³/mol. The van der Waals surface area contributed by atoms with Gasteiger partial charge in [0.1, 0.15) is 12.6 Å². The highest BCUT2D eigenvalue weighted by atomic mass is 32.2. The molecular weight excluding hydrogens is 495 g/mol. The first-order valence-corrected chi connectivity index (χ1v) is 13.5. The molecule has 1 saturated carbocycles. The maximum Gasteiger partial charge on any atom is 0.416 e. The Bertz CT molecular complexity index is 1170. The third kappa shape index (κ3) is 7.22. The minimum absolute atomic E-state index is 0.0197. The molecule has 2 aromatic rings. The van der Waals surface area contributed by atoms with Crippen LogP contribution < -0.4 is 9.62 Å². The van der Waals surface area contributed by atoms with Crippen LogP contribution in [-0.4, -0.2) is 50.0 Å². The third-order valence-electron chi connectivity index (χ3n) is 6.21. The second-order valence-corrected chi connectivity index (χ2v) is 10.9. The lowest BCUT2D eigenvalue weighted by atomic mass is 10.1. The van der Waals surface area contributed by atoms with Crippen LogP contribution in [-0.2, 0) is 32.3 Å². The zero-order chi connectivity index (χ0) is 26.5. The van der Waals surface area contributed by atoms with E-state index in [2.05, 4.69) is 5.32 Å². The minimum Gasteiger partial charge on any atom is -0.352 e. The SMILES string of the molecule is C[C@@H](C(=O)NC1CCCC1)N(Cc1ccccc1)C(=O)CN(c1cccc(C(F)(F)F)c1)S(C)(=O)=O. The molecule has 1 aliphatic rings. The van der Waals surface area contributed by atoms with Crippen LogP contribution in [0.3, 0.4) is 0 Å². The van der Waals surface area contributed by atoms with Crippen LogP contribution in [0.15, 0.2) is 54.6 Å². The van der Waals surface area contributed by atoms with Crippen molar-refractivity contribution >= 4 is 27.5 Å². The molecule has 196 valence electrons. The number of nitrogens with zero attached hydrogens (tertiary/aromatic N) is 2.